The van der Waals surface area contributed by atoms with E-state index in [1.54, 1.807) is 0 Å². The standard InChI is InChI=1S/C14H19NO/c16-14(12-7-3-1-4-8-12)11-15-13-9-5-2-6-10-13/h1-5,7-8,13-16H,6,9-11H2. The average molecular weight is 217 g/mol. The molecule has 16 heavy (non-hydrogen) atoms. The molecule has 2 nitrogen and oxygen atoms in total. The maximum absolute atomic E-state index is 9.97. The lowest BCUT2D eigenvalue weighted by atomic mass is 10.0. The summed E-state index contributed by atoms with van der Waals surface area (Å²) in [6, 6.07) is 10.3. The summed E-state index contributed by atoms with van der Waals surface area (Å²) in [5.41, 5.74) is 0.987. The number of hydrogen-bond donors (Lipinski definition) is 2. The third-order valence-electron chi connectivity index (χ3n) is 3.05. The Bertz CT molecular complexity index is 334. The first-order chi connectivity index (χ1) is 7.86. The zero-order valence-electron chi connectivity index (χ0n) is 9.47. The van der Waals surface area contributed by atoms with E-state index >= 15 is 0 Å². The molecule has 0 fully saturated rings. The molecule has 0 amide bonds. The van der Waals surface area contributed by atoms with Gasteiger partial charge in [0, 0.05) is 12.6 Å². The minimum absolute atomic E-state index is 0.396. The number of aliphatic hydroxyl groups excluding tert-OH is 1. The fourth-order valence-corrected chi connectivity index (χ4v) is 2.05. The Morgan fingerprint density at radius 1 is 1.25 bits per heavy atom. The molecule has 2 atom stereocenters. The van der Waals surface area contributed by atoms with Crippen LogP contribution in [0.25, 0.3) is 0 Å². The van der Waals surface area contributed by atoms with E-state index in [0.29, 0.717) is 12.6 Å². The van der Waals surface area contributed by atoms with Crippen LogP contribution in [0.15, 0.2) is 42.5 Å². The summed E-state index contributed by atoms with van der Waals surface area (Å²) in [4.78, 5) is 0. The Labute approximate surface area is 97.0 Å². The molecular formula is C14H19NO. The van der Waals surface area contributed by atoms with E-state index in [4.69, 9.17) is 0 Å². The Hall–Kier alpha value is -1.12. The van der Waals surface area contributed by atoms with Gasteiger partial charge in [-0.3, -0.25) is 0 Å². The minimum Gasteiger partial charge on any atom is -0.387 e. The molecule has 0 spiro atoms. The van der Waals surface area contributed by atoms with E-state index in [0.717, 1.165) is 18.4 Å². The summed E-state index contributed by atoms with van der Waals surface area (Å²) in [5, 5.41) is 13.4. The van der Waals surface area contributed by atoms with Gasteiger partial charge in [-0.05, 0) is 24.8 Å². The number of aliphatic hydroxyl groups is 1. The lowest BCUT2D eigenvalue weighted by Crippen LogP contribution is -2.33. The van der Waals surface area contributed by atoms with Crippen molar-refractivity contribution in [2.45, 2.75) is 31.4 Å². The summed E-state index contributed by atoms with van der Waals surface area (Å²) >= 11 is 0. The molecule has 2 heteroatoms. The van der Waals surface area contributed by atoms with Crippen molar-refractivity contribution in [3.8, 4) is 0 Å². The molecule has 0 saturated heterocycles. The van der Waals surface area contributed by atoms with Crippen molar-refractivity contribution >= 4 is 0 Å². The molecule has 2 unspecified atom stereocenters. The summed E-state index contributed by atoms with van der Waals surface area (Å²) in [6.45, 7) is 0.641. The second kappa shape index (κ2) is 5.83. The molecule has 0 heterocycles. The molecule has 0 radical (unpaired) electrons. The molecule has 0 saturated carbocycles. The third-order valence-corrected chi connectivity index (χ3v) is 3.05. The monoisotopic (exact) mass is 217 g/mol. The SMILES string of the molecule is OC(CNC1CC=CCC1)c1ccccc1. The highest BCUT2D eigenvalue weighted by atomic mass is 16.3. The van der Waals surface area contributed by atoms with E-state index in [1.807, 2.05) is 30.3 Å². The lowest BCUT2D eigenvalue weighted by Gasteiger charge is -2.21. The normalized spacial score (nSPS) is 21.9. The van der Waals surface area contributed by atoms with Gasteiger partial charge < -0.3 is 10.4 Å². The van der Waals surface area contributed by atoms with Crippen LogP contribution < -0.4 is 5.32 Å². The minimum atomic E-state index is -0.396. The number of nitrogens with one attached hydrogen (secondary N) is 1. The predicted molar refractivity (Wildman–Crippen MR) is 66.2 cm³/mol. The molecule has 1 aliphatic carbocycles. The van der Waals surface area contributed by atoms with Crippen molar-refractivity contribution in [3.63, 3.8) is 0 Å². The smallest absolute Gasteiger partial charge is 0.0914 e. The van der Waals surface area contributed by atoms with Crippen LogP contribution in [0.4, 0.5) is 0 Å². The highest BCUT2D eigenvalue weighted by molar-refractivity contribution is 5.17. The van der Waals surface area contributed by atoms with Crippen LogP contribution in [-0.2, 0) is 0 Å². The molecule has 86 valence electrons. The van der Waals surface area contributed by atoms with Crippen LogP contribution in [0.1, 0.15) is 30.9 Å². The second-order valence-electron chi connectivity index (χ2n) is 4.32. The van der Waals surface area contributed by atoms with Gasteiger partial charge in [0.25, 0.3) is 0 Å². The highest BCUT2D eigenvalue weighted by Crippen LogP contribution is 2.14. The number of hydrogen-bond acceptors (Lipinski definition) is 2. The van der Waals surface area contributed by atoms with Crippen LogP contribution in [0.2, 0.25) is 0 Å². The van der Waals surface area contributed by atoms with E-state index in [1.165, 1.54) is 6.42 Å². The van der Waals surface area contributed by atoms with Crippen LogP contribution in [0.5, 0.6) is 0 Å². The van der Waals surface area contributed by atoms with Gasteiger partial charge in [0.2, 0.25) is 0 Å². The van der Waals surface area contributed by atoms with Crippen molar-refractivity contribution in [2.24, 2.45) is 0 Å². The van der Waals surface area contributed by atoms with Crippen molar-refractivity contribution in [3.05, 3.63) is 48.0 Å². The first-order valence-electron chi connectivity index (χ1n) is 5.97. The molecule has 0 bridgehead atoms. The lowest BCUT2D eigenvalue weighted by molar-refractivity contribution is 0.168. The zero-order valence-corrected chi connectivity index (χ0v) is 9.47. The van der Waals surface area contributed by atoms with Gasteiger partial charge in [0.05, 0.1) is 6.10 Å². The van der Waals surface area contributed by atoms with Gasteiger partial charge in [-0.1, -0.05) is 42.5 Å². The van der Waals surface area contributed by atoms with Crippen LogP contribution in [0.3, 0.4) is 0 Å². The summed E-state index contributed by atoms with van der Waals surface area (Å²) in [6.07, 6.45) is 7.47. The fraction of sp³-hybridized carbons (Fsp3) is 0.429. The Morgan fingerprint density at radius 2 is 2.06 bits per heavy atom. The summed E-state index contributed by atoms with van der Waals surface area (Å²) in [7, 11) is 0. The van der Waals surface area contributed by atoms with Crippen LogP contribution in [0, 0.1) is 0 Å². The Kier molecular flexibility index (Phi) is 4.14. The van der Waals surface area contributed by atoms with Gasteiger partial charge in [-0.2, -0.15) is 0 Å². The van der Waals surface area contributed by atoms with E-state index < -0.39 is 6.10 Å². The van der Waals surface area contributed by atoms with Gasteiger partial charge >= 0.3 is 0 Å². The number of allylic oxidation sites excluding steroid dienone is 1. The number of benzene rings is 1. The van der Waals surface area contributed by atoms with Gasteiger partial charge in [-0.25, -0.2) is 0 Å². The van der Waals surface area contributed by atoms with E-state index in [9.17, 15) is 5.11 Å². The molecule has 1 aliphatic rings. The first-order valence-corrected chi connectivity index (χ1v) is 5.97. The Morgan fingerprint density at radius 3 is 2.75 bits per heavy atom. The zero-order chi connectivity index (χ0) is 11.2. The maximum atomic E-state index is 9.97. The van der Waals surface area contributed by atoms with Crippen molar-refractivity contribution in [1.82, 2.24) is 5.32 Å². The van der Waals surface area contributed by atoms with Crippen LogP contribution >= 0.6 is 0 Å². The largest absolute Gasteiger partial charge is 0.387 e. The van der Waals surface area contributed by atoms with E-state index in [-0.39, 0.29) is 0 Å². The van der Waals surface area contributed by atoms with Crippen LogP contribution in [-0.4, -0.2) is 17.7 Å². The molecule has 2 N–H and O–H groups in total. The van der Waals surface area contributed by atoms with Crippen molar-refractivity contribution < 1.29 is 5.11 Å². The van der Waals surface area contributed by atoms with Gasteiger partial charge in [0.15, 0.2) is 0 Å². The van der Waals surface area contributed by atoms with Gasteiger partial charge in [-0.15, -0.1) is 0 Å². The molecule has 1 aromatic carbocycles. The summed E-state index contributed by atoms with van der Waals surface area (Å²) < 4.78 is 0. The quantitative estimate of drug-likeness (QED) is 0.759. The molecule has 2 rings (SSSR count). The fourth-order valence-electron chi connectivity index (χ4n) is 2.05. The van der Waals surface area contributed by atoms with Gasteiger partial charge in [0.1, 0.15) is 0 Å². The van der Waals surface area contributed by atoms with Crippen molar-refractivity contribution in [1.29, 1.82) is 0 Å². The highest BCUT2D eigenvalue weighted by Gasteiger charge is 2.12. The summed E-state index contributed by atoms with van der Waals surface area (Å²) in [5.74, 6) is 0. The number of rotatable bonds is 4. The maximum Gasteiger partial charge on any atom is 0.0914 e. The molecule has 1 aromatic rings. The topological polar surface area (TPSA) is 32.3 Å². The molecular weight excluding hydrogens is 198 g/mol. The molecule has 0 aliphatic heterocycles. The van der Waals surface area contributed by atoms with E-state index in [2.05, 4.69) is 17.5 Å². The van der Waals surface area contributed by atoms with Crippen molar-refractivity contribution in [2.75, 3.05) is 6.54 Å². The molecule has 0 aromatic heterocycles. The first kappa shape index (κ1) is 11.4. The predicted octanol–water partition coefficient (Wildman–Crippen LogP) is 2.42. The second-order valence-corrected chi connectivity index (χ2v) is 4.32. The Balaban J connectivity index is 1.79. The average Bonchev–Trinajstić information content (AvgIpc) is 2.38. The third kappa shape index (κ3) is 3.19.